The van der Waals surface area contributed by atoms with Gasteiger partial charge < -0.3 is 14.8 Å². The van der Waals surface area contributed by atoms with Crippen molar-refractivity contribution in [3.05, 3.63) is 59.4 Å². The van der Waals surface area contributed by atoms with Crippen LogP contribution in [-0.4, -0.2) is 17.2 Å². The molecule has 0 aliphatic carbocycles. The maximum Gasteiger partial charge on any atom is 0.491 e. The largest absolute Gasteiger partial charge is 0.491 e. The minimum absolute atomic E-state index is 0.0718. The van der Waals surface area contributed by atoms with Crippen molar-refractivity contribution in [1.82, 2.24) is 0 Å². The van der Waals surface area contributed by atoms with Gasteiger partial charge in [0, 0.05) is 11.5 Å². The molecule has 0 fully saturated rings. The van der Waals surface area contributed by atoms with Gasteiger partial charge in [0.25, 0.3) is 0 Å². The molecule has 0 radical (unpaired) electrons. The average Bonchev–Trinajstić information content (AvgIpc) is 2.40. The molecule has 7 heteroatoms. The highest BCUT2D eigenvalue weighted by atomic mass is 19.2. The van der Waals surface area contributed by atoms with E-state index >= 15 is 0 Å². The maximum absolute atomic E-state index is 13.4. The molecule has 2 rings (SSSR count). The van der Waals surface area contributed by atoms with Crippen LogP contribution < -0.4 is 10.2 Å². The first-order valence-electron chi connectivity index (χ1n) is 5.69. The second-order valence-corrected chi connectivity index (χ2v) is 4.09. The van der Waals surface area contributed by atoms with Gasteiger partial charge in [-0.3, -0.25) is 0 Å². The van der Waals surface area contributed by atoms with Gasteiger partial charge in [-0.1, -0.05) is 12.1 Å². The average molecular weight is 282 g/mol. The second kappa shape index (κ2) is 5.98. The Morgan fingerprint density at radius 2 is 1.65 bits per heavy atom. The molecule has 2 aromatic rings. The first kappa shape index (κ1) is 14.4. The summed E-state index contributed by atoms with van der Waals surface area (Å²) in [4.78, 5) is 0. The summed E-state index contributed by atoms with van der Waals surface area (Å²) in [6.45, 7) is -0.0718. The third-order valence-corrected chi connectivity index (χ3v) is 2.64. The van der Waals surface area contributed by atoms with Gasteiger partial charge in [0.15, 0.2) is 11.6 Å². The summed E-state index contributed by atoms with van der Waals surface area (Å²) < 4.78 is 44.3. The van der Waals surface area contributed by atoms with Crippen molar-refractivity contribution >= 4 is 12.6 Å². The summed E-state index contributed by atoms with van der Waals surface area (Å²) in [6.07, 6.45) is 0. The first-order valence-corrected chi connectivity index (χ1v) is 5.69. The van der Waals surface area contributed by atoms with E-state index in [4.69, 9.17) is 14.8 Å². The summed E-state index contributed by atoms with van der Waals surface area (Å²) >= 11 is 0. The third-order valence-electron chi connectivity index (χ3n) is 2.64. The van der Waals surface area contributed by atoms with Crippen LogP contribution >= 0.6 is 0 Å². The van der Waals surface area contributed by atoms with Crippen LogP contribution in [0.4, 0.5) is 13.2 Å². The highest BCUT2D eigenvalue weighted by Crippen LogP contribution is 2.15. The molecule has 3 nitrogen and oxygen atoms in total. The predicted octanol–water partition coefficient (Wildman–Crippen LogP) is 1.36. The van der Waals surface area contributed by atoms with E-state index in [1.165, 1.54) is 18.2 Å². The first-order chi connectivity index (χ1) is 9.47. The summed E-state index contributed by atoms with van der Waals surface area (Å²) in [5, 5.41) is 17.7. The Balaban J connectivity index is 2.07. The Kier molecular flexibility index (Phi) is 4.31. The molecule has 104 valence electrons. The lowest BCUT2D eigenvalue weighted by molar-refractivity contribution is 0.303. The van der Waals surface area contributed by atoms with Crippen LogP contribution in [0.3, 0.4) is 0 Å². The molecule has 0 saturated heterocycles. The number of hydrogen-bond donors (Lipinski definition) is 2. The Morgan fingerprint density at radius 3 is 2.25 bits per heavy atom. The lowest BCUT2D eigenvalue weighted by Gasteiger charge is -2.08. The maximum atomic E-state index is 13.4. The van der Waals surface area contributed by atoms with E-state index in [0.717, 1.165) is 18.2 Å². The van der Waals surface area contributed by atoms with E-state index in [0.29, 0.717) is 5.56 Å². The van der Waals surface area contributed by atoms with Gasteiger partial charge in [-0.15, -0.1) is 0 Å². The highest BCUT2D eigenvalue weighted by Gasteiger charge is 2.16. The van der Waals surface area contributed by atoms with Crippen molar-refractivity contribution in [3.63, 3.8) is 0 Å². The van der Waals surface area contributed by atoms with Crippen molar-refractivity contribution in [3.8, 4) is 5.75 Å². The molecule has 2 N–H and O–H groups in total. The van der Waals surface area contributed by atoms with Crippen molar-refractivity contribution < 1.29 is 28.0 Å². The summed E-state index contributed by atoms with van der Waals surface area (Å²) in [5.41, 5.74) is 0.112. The smallest absolute Gasteiger partial charge is 0.489 e. The fourth-order valence-corrected chi connectivity index (χ4v) is 1.60. The molecule has 0 saturated carbocycles. The topological polar surface area (TPSA) is 49.7 Å². The fraction of sp³-hybridized carbons (Fsp3) is 0.0769. The van der Waals surface area contributed by atoms with Gasteiger partial charge in [0.2, 0.25) is 0 Å². The molecule has 0 heterocycles. The van der Waals surface area contributed by atoms with Gasteiger partial charge in [0.05, 0.1) is 0 Å². The third kappa shape index (κ3) is 3.31. The molecule has 2 aromatic carbocycles. The Morgan fingerprint density at radius 1 is 0.900 bits per heavy atom. The van der Waals surface area contributed by atoms with Crippen LogP contribution in [0.2, 0.25) is 0 Å². The standard InChI is InChI=1S/C13H10BF3O3/c15-11-4-1-8(5-13(11)17)7-20-9-2-3-10(14(18)19)12(16)6-9/h1-6,18-19H,7H2. The van der Waals surface area contributed by atoms with Crippen LogP contribution in [0.5, 0.6) is 5.75 Å². The Labute approximate surface area is 113 Å². The molecule has 20 heavy (non-hydrogen) atoms. The molecular weight excluding hydrogens is 272 g/mol. The zero-order valence-corrected chi connectivity index (χ0v) is 10.2. The molecular formula is C13H10BF3O3. The lowest BCUT2D eigenvalue weighted by Crippen LogP contribution is -2.32. The van der Waals surface area contributed by atoms with Gasteiger partial charge in [-0.25, -0.2) is 13.2 Å². The van der Waals surface area contributed by atoms with E-state index < -0.39 is 24.6 Å². The molecule has 0 bridgehead atoms. The van der Waals surface area contributed by atoms with Crippen LogP contribution in [0.15, 0.2) is 36.4 Å². The van der Waals surface area contributed by atoms with Gasteiger partial charge in [-0.05, 0) is 23.8 Å². The Bertz CT molecular complexity index is 620. The van der Waals surface area contributed by atoms with Crippen molar-refractivity contribution in [2.45, 2.75) is 6.61 Å². The molecule has 0 amide bonds. The second-order valence-electron chi connectivity index (χ2n) is 4.09. The van der Waals surface area contributed by atoms with Crippen LogP contribution in [0.25, 0.3) is 0 Å². The molecule has 0 aliphatic heterocycles. The predicted molar refractivity (Wildman–Crippen MR) is 66.9 cm³/mol. The summed E-state index contributed by atoms with van der Waals surface area (Å²) in [7, 11) is -1.91. The molecule has 0 atom stereocenters. The number of rotatable bonds is 4. The van der Waals surface area contributed by atoms with Crippen LogP contribution in [0, 0.1) is 17.5 Å². The molecule has 0 aromatic heterocycles. The summed E-state index contributed by atoms with van der Waals surface area (Å²) in [6, 6.07) is 6.80. The lowest BCUT2D eigenvalue weighted by atomic mass is 9.80. The van der Waals surface area contributed by atoms with Crippen molar-refractivity contribution in [2.75, 3.05) is 0 Å². The zero-order valence-electron chi connectivity index (χ0n) is 10.2. The van der Waals surface area contributed by atoms with Crippen LogP contribution in [0.1, 0.15) is 5.56 Å². The fourth-order valence-electron chi connectivity index (χ4n) is 1.60. The van der Waals surface area contributed by atoms with E-state index in [1.807, 2.05) is 0 Å². The number of hydrogen-bond acceptors (Lipinski definition) is 3. The number of halogens is 3. The number of benzene rings is 2. The van der Waals surface area contributed by atoms with Gasteiger partial charge >= 0.3 is 7.12 Å². The minimum Gasteiger partial charge on any atom is -0.489 e. The van der Waals surface area contributed by atoms with E-state index in [2.05, 4.69) is 0 Å². The van der Waals surface area contributed by atoms with E-state index in [1.54, 1.807) is 0 Å². The Hall–Kier alpha value is -1.99. The van der Waals surface area contributed by atoms with Crippen molar-refractivity contribution in [1.29, 1.82) is 0 Å². The molecule has 0 unspecified atom stereocenters. The van der Waals surface area contributed by atoms with Gasteiger partial charge in [-0.2, -0.15) is 0 Å². The quantitative estimate of drug-likeness (QED) is 0.832. The zero-order chi connectivity index (χ0) is 14.7. The monoisotopic (exact) mass is 282 g/mol. The van der Waals surface area contributed by atoms with Gasteiger partial charge in [0.1, 0.15) is 18.2 Å². The SMILES string of the molecule is OB(O)c1ccc(OCc2ccc(F)c(F)c2)cc1F. The van der Waals surface area contributed by atoms with E-state index in [-0.39, 0.29) is 17.8 Å². The molecule has 0 aliphatic rings. The molecule has 0 spiro atoms. The van der Waals surface area contributed by atoms with E-state index in [9.17, 15) is 13.2 Å². The van der Waals surface area contributed by atoms with Crippen molar-refractivity contribution in [2.24, 2.45) is 0 Å². The van der Waals surface area contributed by atoms with Crippen LogP contribution in [-0.2, 0) is 6.61 Å². The number of ether oxygens (including phenoxy) is 1. The minimum atomic E-state index is -1.91. The normalized spacial score (nSPS) is 10.4. The highest BCUT2D eigenvalue weighted by molar-refractivity contribution is 6.58. The summed E-state index contributed by atoms with van der Waals surface area (Å²) in [5.74, 6) is -2.64.